The molecule has 11 heteroatoms. The van der Waals surface area contributed by atoms with Crippen LogP contribution >= 0.6 is 0 Å². The van der Waals surface area contributed by atoms with Gasteiger partial charge in [-0.05, 0) is 25.1 Å². The number of hydrogen-bond donors (Lipinski definition) is 2. The molecule has 2 N–H and O–H groups in total. The normalized spacial score (nSPS) is 17.9. The van der Waals surface area contributed by atoms with Gasteiger partial charge in [0.2, 0.25) is 10.7 Å². The summed E-state index contributed by atoms with van der Waals surface area (Å²) in [6, 6.07) is 4.89. The highest BCUT2D eigenvalue weighted by Gasteiger charge is 2.56. The Morgan fingerprint density at radius 2 is 2.00 bits per heavy atom. The molecular weight excluding hydrogens is 412 g/mol. The van der Waals surface area contributed by atoms with Crippen LogP contribution in [0.3, 0.4) is 0 Å². The molecule has 1 aromatic heterocycles. The zero-order valence-corrected chi connectivity index (χ0v) is 16.2. The number of alkyl halides is 2. The van der Waals surface area contributed by atoms with E-state index in [1.807, 2.05) is 0 Å². The van der Waals surface area contributed by atoms with Crippen LogP contribution in [0.1, 0.15) is 35.8 Å². The van der Waals surface area contributed by atoms with Crippen molar-refractivity contribution in [2.45, 2.75) is 36.1 Å². The van der Waals surface area contributed by atoms with Crippen molar-refractivity contribution in [3.05, 3.63) is 47.3 Å². The zero-order chi connectivity index (χ0) is 21.6. The maximum Gasteiger partial charge on any atom is 0.275 e. The van der Waals surface area contributed by atoms with Crippen LogP contribution < -0.4 is 10.0 Å². The summed E-state index contributed by atoms with van der Waals surface area (Å²) < 4.78 is 70.4. The van der Waals surface area contributed by atoms with E-state index in [4.69, 9.17) is 5.26 Å². The molecule has 29 heavy (non-hydrogen) atoms. The fraction of sp³-hybridized carbons (Fsp3) is 0.333. The van der Waals surface area contributed by atoms with Gasteiger partial charge in [0.25, 0.3) is 11.8 Å². The Morgan fingerprint density at radius 1 is 1.34 bits per heavy atom. The molecule has 0 aliphatic heterocycles. The van der Waals surface area contributed by atoms with E-state index in [1.54, 1.807) is 6.07 Å². The van der Waals surface area contributed by atoms with Crippen LogP contribution in [0.15, 0.2) is 29.3 Å². The number of nitrogens with one attached hydrogen (secondary N) is 2. The number of halogens is 4. The lowest BCUT2D eigenvalue weighted by Crippen LogP contribution is -2.60. The van der Waals surface area contributed by atoms with Gasteiger partial charge in [0, 0.05) is 25.6 Å². The number of benzene rings is 1. The van der Waals surface area contributed by atoms with Gasteiger partial charge in [0.15, 0.2) is 0 Å². The van der Waals surface area contributed by atoms with Gasteiger partial charge >= 0.3 is 0 Å². The van der Waals surface area contributed by atoms with Crippen LogP contribution in [0, 0.1) is 23.0 Å². The second kappa shape index (κ2) is 7.37. The molecule has 1 aromatic carbocycles. The lowest BCUT2D eigenvalue weighted by Gasteiger charge is -2.43. The van der Waals surface area contributed by atoms with E-state index in [2.05, 4.69) is 10.0 Å². The van der Waals surface area contributed by atoms with Gasteiger partial charge in [-0.3, -0.25) is 4.79 Å². The van der Waals surface area contributed by atoms with Gasteiger partial charge in [-0.2, -0.15) is 9.65 Å². The third kappa shape index (κ3) is 4.24. The van der Waals surface area contributed by atoms with Crippen molar-refractivity contribution < 1.29 is 26.9 Å². The first-order chi connectivity index (χ1) is 13.4. The number of nitriles is 1. The first-order valence-corrected chi connectivity index (χ1v) is 9.53. The third-order valence-electron chi connectivity index (χ3n) is 4.48. The van der Waals surface area contributed by atoms with Crippen molar-refractivity contribution in [3.8, 4) is 6.07 Å². The lowest BCUT2D eigenvalue weighted by molar-refractivity contribution is -0.121. The minimum atomic E-state index is -2.86. The molecule has 1 atom stereocenters. The van der Waals surface area contributed by atoms with Crippen LogP contribution in [0.4, 0.5) is 23.2 Å². The molecular formula is C18H16F4N4O2S. The van der Waals surface area contributed by atoms with Crippen LogP contribution in [0.5, 0.6) is 0 Å². The highest BCUT2D eigenvalue weighted by atomic mass is 32.2. The quantitative estimate of drug-likeness (QED) is 0.565. The Morgan fingerprint density at radius 3 is 2.59 bits per heavy atom. The Balaban J connectivity index is 1.78. The number of carbonyl (C=O) groups is 1. The van der Waals surface area contributed by atoms with Crippen LogP contribution in [0.25, 0.3) is 0 Å². The van der Waals surface area contributed by atoms with Crippen molar-refractivity contribution in [2.75, 3.05) is 5.32 Å². The molecule has 1 saturated carbocycles. The van der Waals surface area contributed by atoms with Crippen molar-refractivity contribution in [1.82, 2.24) is 9.29 Å². The summed E-state index contributed by atoms with van der Waals surface area (Å²) in [7, 11) is 1.35. The molecule has 1 amide bonds. The van der Waals surface area contributed by atoms with E-state index < -0.39 is 58.9 Å². The molecule has 0 saturated heterocycles. The molecule has 1 aliphatic rings. The summed E-state index contributed by atoms with van der Waals surface area (Å²) in [4.78, 5) is 12.1. The summed E-state index contributed by atoms with van der Waals surface area (Å²) in [5, 5.41) is 11.2. The standard InChI is InChI=1S/C18H16F4N4O2S/c1-17(8-18(21,22)9-17)25-29(28)13-7-26(2)15(14(13)20)16(27)24-11-3-4-12(19)10(5-11)6-23/h3-5,7,25H,8-9H2,1-2H3,(H,24,27). The average molecular weight is 428 g/mol. The molecule has 0 spiro atoms. The van der Waals surface area contributed by atoms with Crippen LogP contribution in [-0.4, -0.2) is 26.5 Å². The van der Waals surface area contributed by atoms with Gasteiger partial charge in [-0.15, -0.1) is 4.72 Å². The molecule has 154 valence electrons. The number of aryl methyl sites for hydroxylation is 1. The van der Waals surface area contributed by atoms with Gasteiger partial charge in [0.1, 0.15) is 17.6 Å². The minimum Gasteiger partial charge on any atom is -0.593 e. The summed E-state index contributed by atoms with van der Waals surface area (Å²) in [6.07, 6.45) is 0.0670. The molecule has 2 aromatic rings. The first kappa shape index (κ1) is 21.2. The van der Waals surface area contributed by atoms with E-state index in [0.717, 1.165) is 22.9 Å². The fourth-order valence-corrected chi connectivity index (χ4v) is 4.49. The average Bonchev–Trinajstić information content (AvgIpc) is 2.89. The van der Waals surface area contributed by atoms with Gasteiger partial charge < -0.3 is 14.4 Å². The number of rotatable bonds is 5. The monoisotopic (exact) mass is 428 g/mol. The molecule has 1 heterocycles. The lowest BCUT2D eigenvalue weighted by atomic mass is 9.76. The highest BCUT2D eigenvalue weighted by molar-refractivity contribution is 7.89. The Bertz CT molecular complexity index is 1010. The predicted molar refractivity (Wildman–Crippen MR) is 96.6 cm³/mol. The first-order valence-electron chi connectivity index (χ1n) is 8.38. The Kier molecular flexibility index (Phi) is 5.38. The summed E-state index contributed by atoms with van der Waals surface area (Å²) in [6.45, 7) is 1.46. The second-order valence-corrected chi connectivity index (χ2v) is 8.35. The molecule has 1 unspecified atom stereocenters. The summed E-state index contributed by atoms with van der Waals surface area (Å²) >= 11 is -2.16. The third-order valence-corrected chi connectivity index (χ3v) is 5.85. The number of carbonyl (C=O) groups excluding carboxylic acids is 1. The van der Waals surface area contributed by atoms with E-state index >= 15 is 0 Å². The van der Waals surface area contributed by atoms with Crippen molar-refractivity contribution >= 4 is 23.0 Å². The van der Waals surface area contributed by atoms with Crippen molar-refractivity contribution in [3.63, 3.8) is 0 Å². The van der Waals surface area contributed by atoms with Crippen molar-refractivity contribution in [1.29, 1.82) is 5.26 Å². The van der Waals surface area contributed by atoms with Gasteiger partial charge in [0.05, 0.1) is 28.7 Å². The minimum absolute atomic E-state index is 0.0681. The van der Waals surface area contributed by atoms with Crippen LogP contribution in [-0.2, 0) is 18.4 Å². The van der Waals surface area contributed by atoms with Crippen molar-refractivity contribution in [2.24, 2.45) is 7.05 Å². The number of nitrogens with zero attached hydrogens (tertiary/aromatic N) is 2. The van der Waals surface area contributed by atoms with E-state index in [0.29, 0.717) is 0 Å². The van der Waals surface area contributed by atoms with Crippen LogP contribution in [0.2, 0.25) is 0 Å². The predicted octanol–water partition coefficient (Wildman–Crippen LogP) is 3.23. The topological polar surface area (TPSA) is 92.9 Å². The van der Waals surface area contributed by atoms with Gasteiger partial charge in [-0.1, -0.05) is 0 Å². The molecule has 0 bridgehead atoms. The van der Waals surface area contributed by atoms with E-state index in [9.17, 15) is 26.9 Å². The number of anilines is 1. The number of amides is 1. The molecule has 3 rings (SSSR count). The molecule has 6 nitrogen and oxygen atoms in total. The highest BCUT2D eigenvalue weighted by Crippen LogP contribution is 2.46. The SMILES string of the molecule is Cn1cc([S+]([O-])NC2(C)CC(F)(F)C2)c(F)c1C(=O)Nc1ccc(F)c(C#N)c1. The fourth-order valence-electron chi connectivity index (χ4n) is 3.28. The smallest absolute Gasteiger partial charge is 0.275 e. The Labute approximate surface area is 166 Å². The molecule has 1 fully saturated rings. The second-order valence-electron chi connectivity index (χ2n) is 7.17. The van der Waals surface area contributed by atoms with E-state index in [1.165, 1.54) is 20.0 Å². The summed E-state index contributed by atoms with van der Waals surface area (Å²) in [5.41, 5.74) is -1.80. The maximum atomic E-state index is 14.8. The Hall–Kier alpha value is -2.55. The zero-order valence-electron chi connectivity index (χ0n) is 15.4. The maximum absolute atomic E-state index is 14.8. The largest absolute Gasteiger partial charge is 0.593 e. The summed E-state index contributed by atoms with van der Waals surface area (Å²) in [5.74, 6) is -5.61. The number of aromatic nitrogens is 1. The number of hydrogen-bond acceptors (Lipinski definition) is 4. The van der Waals surface area contributed by atoms with E-state index in [-0.39, 0.29) is 16.1 Å². The van der Waals surface area contributed by atoms with Gasteiger partial charge in [-0.25, -0.2) is 13.2 Å². The molecule has 1 aliphatic carbocycles. The molecule has 0 radical (unpaired) electrons.